The molecule has 2 unspecified atom stereocenters. The van der Waals surface area contributed by atoms with Gasteiger partial charge >= 0.3 is 0 Å². The average molecular weight is 523 g/mol. The Morgan fingerprint density at radius 1 is 1.16 bits per heavy atom. The first-order valence-corrected chi connectivity index (χ1v) is 12.4. The first-order chi connectivity index (χ1) is 18.1. The van der Waals surface area contributed by atoms with Gasteiger partial charge in [0, 0.05) is 23.1 Å². The maximum absolute atomic E-state index is 13.0. The van der Waals surface area contributed by atoms with Crippen molar-refractivity contribution >= 4 is 5.78 Å². The fraction of sp³-hybridized carbons (Fsp3) is 0.379. The van der Waals surface area contributed by atoms with Crippen LogP contribution >= 0.6 is 0 Å². The number of ether oxygens (including phenoxy) is 3. The molecule has 1 aliphatic rings. The van der Waals surface area contributed by atoms with Crippen LogP contribution in [0, 0.1) is 0 Å². The number of hydrogen-bond donors (Lipinski definition) is 4. The molecule has 3 aromatic rings. The second kappa shape index (κ2) is 11.1. The molecule has 1 aliphatic heterocycles. The Kier molecular flexibility index (Phi) is 8.03. The highest BCUT2D eigenvalue weighted by Crippen LogP contribution is 2.44. The van der Waals surface area contributed by atoms with Gasteiger partial charge in [-0.15, -0.1) is 0 Å². The normalized spacial score (nSPS) is 17.9. The van der Waals surface area contributed by atoms with Crippen LogP contribution < -0.4 is 19.9 Å². The van der Waals surface area contributed by atoms with E-state index >= 15 is 0 Å². The molecule has 0 bridgehead atoms. The number of nitrogens with two attached hydrogens (primary N) is 1. The van der Waals surface area contributed by atoms with Crippen LogP contribution in [0.3, 0.4) is 0 Å². The smallest absolute Gasteiger partial charge is 0.163 e. The van der Waals surface area contributed by atoms with Crippen LogP contribution in [0.1, 0.15) is 53.9 Å². The minimum atomic E-state index is -1.43. The number of ketones is 1. The van der Waals surface area contributed by atoms with Gasteiger partial charge in [-0.1, -0.05) is 24.3 Å². The third kappa shape index (κ3) is 5.66. The number of aliphatic hydroxyl groups is 3. The third-order valence-electron chi connectivity index (χ3n) is 6.74. The second-order valence-corrected chi connectivity index (χ2v) is 9.93. The summed E-state index contributed by atoms with van der Waals surface area (Å²) < 4.78 is 16.7. The van der Waals surface area contributed by atoms with Crippen molar-refractivity contribution in [3.63, 3.8) is 0 Å². The van der Waals surface area contributed by atoms with Gasteiger partial charge in [0.15, 0.2) is 23.0 Å². The zero-order chi connectivity index (χ0) is 27.5. The van der Waals surface area contributed by atoms with E-state index in [0.29, 0.717) is 34.2 Å². The quantitative estimate of drug-likeness (QED) is 0.279. The Hall–Kier alpha value is -3.50. The lowest BCUT2D eigenvalue weighted by molar-refractivity contribution is 0.0396. The van der Waals surface area contributed by atoms with Gasteiger partial charge in [0.05, 0.1) is 31.6 Å². The molecule has 0 radical (unpaired) electrons. The Morgan fingerprint density at radius 3 is 2.55 bits per heavy atom. The van der Waals surface area contributed by atoms with Crippen molar-refractivity contribution in [3.8, 4) is 28.5 Å². The minimum absolute atomic E-state index is 0.0582. The summed E-state index contributed by atoms with van der Waals surface area (Å²) in [6, 6.07) is 13.9. The molecule has 2 heterocycles. The summed E-state index contributed by atoms with van der Waals surface area (Å²) in [5.41, 5.74) is 7.92. The molecule has 202 valence electrons. The lowest BCUT2D eigenvalue weighted by atomic mass is 9.88. The Morgan fingerprint density at radius 2 is 1.89 bits per heavy atom. The standard InChI is InChI=1S/C29H34N2O7/c1-28(30)17-38-27-21(28)15-25(31-26(27)19-6-4-18(16-33)5-7-19)29(2,35)11-10-22(34)20-8-9-23(37-13-12-32)24(14-20)36-3/h4-9,14-15,32-33,35H,10-13,16-17,30H2,1-3H3. The Bertz CT molecular complexity index is 1300. The highest BCUT2D eigenvalue weighted by atomic mass is 16.5. The first-order valence-electron chi connectivity index (χ1n) is 12.4. The van der Waals surface area contributed by atoms with Gasteiger partial charge in [-0.05, 0) is 50.1 Å². The summed E-state index contributed by atoms with van der Waals surface area (Å²) in [5.74, 6) is 1.21. The summed E-state index contributed by atoms with van der Waals surface area (Å²) >= 11 is 0. The van der Waals surface area contributed by atoms with Crippen molar-refractivity contribution in [1.82, 2.24) is 4.98 Å². The summed E-state index contributed by atoms with van der Waals surface area (Å²) in [6.07, 6.45) is 0.177. The maximum Gasteiger partial charge on any atom is 0.163 e. The number of rotatable bonds is 11. The van der Waals surface area contributed by atoms with E-state index in [9.17, 15) is 15.0 Å². The maximum atomic E-state index is 13.0. The number of methoxy groups -OCH3 is 1. The van der Waals surface area contributed by atoms with Crippen LogP contribution in [0.15, 0.2) is 48.5 Å². The monoisotopic (exact) mass is 522 g/mol. The summed E-state index contributed by atoms with van der Waals surface area (Å²) in [5, 5.41) is 29.9. The van der Waals surface area contributed by atoms with Crippen molar-refractivity contribution in [2.45, 2.75) is 44.4 Å². The lowest BCUT2D eigenvalue weighted by Gasteiger charge is -2.25. The third-order valence-corrected chi connectivity index (χ3v) is 6.74. The molecule has 0 amide bonds. The molecular formula is C29H34N2O7. The Labute approximate surface area is 221 Å². The first kappa shape index (κ1) is 27.5. The van der Waals surface area contributed by atoms with Gasteiger partial charge < -0.3 is 35.3 Å². The lowest BCUT2D eigenvalue weighted by Crippen LogP contribution is -2.35. The zero-order valence-electron chi connectivity index (χ0n) is 21.9. The van der Waals surface area contributed by atoms with Crippen LogP contribution in [0.2, 0.25) is 0 Å². The van der Waals surface area contributed by atoms with Gasteiger partial charge in [-0.2, -0.15) is 0 Å². The number of nitrogens with zero attached hydrogens (tertiary/aromatic N) is 1. The van der Waals surface area contributed by atoms with Gasteiger partial charge in [-0.3, -0.25) is 4.79 Å². The number of fused-ring (bicyclic) bond motifs is 1. The fourth-order valence-electron chi connectivity index (χ4n) is 4.39. The number of Topliss-reactive ketones (excluding diaryl/α,β-unsaturated/α-hetero) is 1. The fourth-order valence-corrected chi connectivity index (χ4v) is 4.39. The molecule has 5 N–H and O–H groups in total. The summed E-state index contributed by atoms with van der Waals surface area (Å²) in [7, 11) is 1.48. The highest BCUT2D eigenvalue weighted by Gasteiger charge is 2.38. The molecule has 2 atom stereocenters. The second-order valence-electron chi connectivity index (χ2n) is 9.93. The molecule has 4 rings (SSSR count). The van der Waals surface area contributed by atoms with E-state index in [-0.39, 0.29) is 45.1 Å². The van der Waals surface area contributed by atoms with Crippen molar-refractivity contribution < 1.29 is 34.3 Å². The van der Waals surface area contributed by atoms with E-state index in [0.717, 1.165) is 16.7 Å². The molecule has 0 spiro atoms. The number of carbonyl (C=O) groups excluding carboxylic acids is 1. The number of aromatic nitrogens is 1. The van der Waals surface area contributed by atoms with Gasteiger partial charge in [0.25, 0.3) is 0 Å². The van der Waals surface area contributed by atoms with Crippen molar-refractivity contribution in [2.75, 3.05) is 26.9 Å². The largest absolute Gasteiger partial charge is 0.493 e. The number of carbonyl (C=O) groups is 1. The molecule has 9 heteroatoms. The van der Waals surface area contributed by atoms with E-state index in [1.54, 1.807) is 43.3 Å². The highest BCUT2D eigenvalue weighted by molar-refractivity contribution is 5.96. The molecule has 0 saturated heterocycles. The molecular weight excluding hydrogens is 488 g/mol. The van der Waals surface area contributed by atoms with Gasteiger partial charge in [-0.25, -0.2) is 4.98 Å². The van der Waals surface area contributed by atoms with Crippen molar-refractivity contribution in [3.05, 3.63) is 70.9 Å². The van der Waals surface area contributed by atoms with Crippen LogP contribution in [-0.2, 0) is 17.7 Å². The molecule has 0 saturated carbocycles. The van der Waals surface area contributed by atoms with Crippen LogP contribution in [-0.4, -0.2) is 53.0 Å². The van der Waals surface area contributed by atoms with Gasteiger partial charge in [0.1, 0.15) is 24.5 Å². The molecule has 0 fully saturated rings. The van der Waals surface area contributed by atoms with Crippen LogP contribution in [0.25, 0.3) is 11.3 Å². The average Bonchev–Trinajstić information content (AvgIpc) is 3.24. The van der Waals surface area contributed by atoms with E-state index in [1.807, 2.05) is 19.1 Å². The summed E-state index contributed by atoms with van der Waals surface area (Å²) in [6.45, 7) is 3.66. The molecule has 9 nitrogen and oxygen atoms in total. The minimum Gasteiger partial charge on any atom is -0.493 e. The predicted octanol–water partition coefficient (Wildman–Crippen LogP) is 3.06. The van der Waals surface area contributed by atoms with E-state index in [2.05, 4.69) is 0 Å². The zero-order valence-corrected chi connectivity index (χ0v) is 21.9. The number of benzene rings is 2. The molecule has 38 heavy (non-hydrogen) atoms. The van der Waals surface area contributed by atoms with Crippen LogP contribution in [0.4, 0.5) is 0 Å². The van der Waals surface area contributed by atoms with Crippen molar-refractivity contribution in [1.29, 1.82) is 0 Å². The van der Waals surface area contributed by atoms with E-state index in [1.165, 1.54) is 7.11 Å². The number of hydrogen-bond acceptors (Lipinski definition) is 9. The molecule has 0 aliphatic carbocycles. The van der Waals surface area contributed by atoms with Crippen molar-refractivity contribution in [2.24, 2.45) is 5.73 Å². The number of aliphatic hydroxyl groups excluding tert-OH is 2. The van der Waals surface area contributed by atoms with Crippen LogP contribution in [0.5, 0.6) is 17.2 Å². The SMILES string of the molecule is COc1cc(C(=O)CCC(C)(O)c2cc3c(c(-c4ccc(CO)cc4)n2)OCC3(C)N)ccc1OCCO. The number of pyridine rings is 1. The predicted molar refractivity (Wildman–Crippen MR) is 141 cm³/mol. The Balaban J connectivity index is 1.60. The molecule has 1 aromatic heterocycles. The topological polar surface area (TPSA) is 144 Å². The van der Waals surface area contributed by atoms with E-state index in [4.69, 9.17) is 30.0 Å². The summed E-state index contributed by atoms with van der Waals surface area (Å²) in [4.78, 5) is 17.8. The molecule has 2 aromatic carbocycles. The van der Waals surface area contributed by atoms with E-state index < -0.39 is 11.1 Å². The van der Waals surface area contributed by atoms with Gasteiger partial charge in [0.2, 0.25) is 0 Å².